The van der Waals surface area contributed by atoms with Crippen molar-refractivity contribution in [3.05, 3.63) is 32.8 Å². The summed E-state index contributed by atoms with van der Waals surface area (Å²) >= 11 is 8.63. The standard InChI is InChI=1S/C9H6BrClN2O3/c10-6-1-2-9(8(3-6)13(14)15)16-5-7(11)4-12/h1-3,7H,5H2. The summed E-state index contributed by atoms with van der Waals surface area (Å²) in [6.07, 6.45) is 0. The third kappa shape index (κ3) is 3.36. The van der Waals surface area contributed by atoms with Crippen molar-refractivity contribution < 1.29 is 9.66 Å². The average molecular weight is 306 g/mol. The highest BCUT2D eigenvalue weighted by Gasteiger charge is 2.16. The second kappa shape index (κ2) is 5.68. The molecule has 1 atom stereocenters. The molecule has 5 nitrogen and oxygen atoms in total. The first-order valence-corrected chi connectivity index (χ1v) is 5.38. The Balaban J connectivity index is 2.88. The molecule has 1 aromatic rings. The zero-order chi connectivity index (χ0) is 12.1. The maximum absolute atomic E-state index is 10.7. The van der Waals surface area contributed by atoms with Crippen LogP contribution in [0.4, 0.5) is 5.69 Å². The van der Waals surface area contributed by atoms with Gasteiger partial charge in [0.25, 0.3) is 0 Å². The van der Waals surface area contributed by atoms with Crippen LogP contribution in [0.1, 0.15) is 0 Å². The molecule has 0 aliphatic heterocycles. The third-order valence-corrected chi connectivity index (χ3v) is 2.36. The van der Waals surface area contributed by atoms with Crippen molar-refractivity contribution in [1.82, 2.24) is 0 Å². The minimum Gasteiger partial charge on any atom is -0.484 e. The smallest absolute Gasteiger partial charge is 0.312 e. The lowest BCUT2D eigenvalue weighted by atomic mass is 10.3. The summed E-state index contributed by atoms with van der Waals surface area (Å²) in [5, 5.41) is 18.3. The van der Waals surface area contributed by atoms with Gasteiger partial charge in [0.1, 0.15) is 6.61 Å². The van der Waals surface area contributed by atoms with Gasteiger partial charge in [-0.2, -0.15) is 5.26 Å². The van der Waals surface area contributed by atoms with Gasteiger partial charge in [0, 0.05) is 10.5 Å². The van der Waals surface area contributed by atoms with Gasteiger partial charge in [0.05, 0.1) is 11.0 Å². The molecule has 1 unspecified atom stereocenters. The molecule has 0 saturated heterocycles. The fraction of sp³-hybridized carbons (Fsp3) is 0.222. The van der Waals surface area contributed by atoms with Gasteiger partial charge in [-0.15, -0.1) is 11.6 Å². The Morgan fingerprint density at radius 1 is 1.69 bits per heavy atom. The Morgan fingerprint density at radius 2 is 2.38 bits per heavy atom. The quantitative estimate of drug-likeness (QED) is 0.487. The molecule has 7 heteroatoms. The van der Waals surface area contributed by atoms with Crippen molar-refractivity contribution in [3.63, 3.8) is 0 Å². The average Bonchev–Trinajstić information content (AvgIpc) is 2.26. The Labute approximate surface area is 105 Å². The van der Waals surface area contributed by atoms with Crippen molar-refractivity contribution in [2.75, 3.05) is 6.61 Å². The molecule has 0 heterocycles. The molecule has 16 heavy (non-hydrogen) atoms. The summed E-state index contributed by atoms with van der Waals surface area (Å²) in [4.78, 5) is 10.1. The summed E-state index contributed by atoms with van der Waals surface area (Å²) in [7, 11) is 0. The van der Waals surface area contributed by atoms with Crippen LogP contribution in [0, 0.1) is 21.4 Å². The van der Waals surface area contributed by atoms with E-state index in [4.69, 9.17) is 21.6 Å². The topological polar surface area (TPSA) is 76.2 Å². The largest absolute Gasteiger partial charge is 0.484 e. The number of halogens is 2. The normalized spacial score (nSPS) is 11.6. The van der Waals surface area contributed by atoms with Crippen LogP contribution in [-0.4, -0.2) is 16.9 Å². The van der Waals surface area contributed by atoms with Crippen molar-refractivity contribution >= 4 is 33.2 Å². The van der Waals surface area contributed by atoms with Crippen LogP contribution in [0.5, 0.6) is 5.75 Å². The summed E-state index contributed by atoms with van der Waals surface area (Å²) in [5.41, 5.74) is -0.170. The van der Waals surface area contributed by atoms with E-state index in [-0.39, 0.29) is 18.0 Å². The maximum atomic E-state index is 10.7. The highest BCUT2D eigenvalue weighted by Crippen LogP contribution is 2.30. The van der Waals surface area contributed by atoms with Gasteiger partial charge in [-0.05, 0) is 12.1 Å². The number of nitriles is 1. The molecule has 0 N–H and O–H groups in total. The Bertz CT molecular complexity index is 447. The minimum absolute atomic E-state index is 0.0918. The second-order valence-corrected chi connectivity index (χ2v) is 4.22. The van der Waals surface area contributed by atoms with E-state index in [0.717, 1.165) is 0 Å². The van der Waals surface area contributed by atoms with Crippen LogP contribution in [-0.2, 0) is 0 Å². The van der Waals surface area contributed by atoms with Gasteiger partial charge in [-0.1, -0.05) is 15.9 Å². The number of hydrogen-bond donors (Lipinski definition) is 0. The fourth-order valence-corrected chi connectivity index (χ4v) is 1.37. The van der Waals surface area contributed by atoms with Crippen LogP contribution in [0.15, 0.2) is 22.7 Å². The van der Waals surface area contributed by atoms with E-state index in [1.165, 1.54) is 12.1 Å². The molecule has 0 spiro atoms. The summed E-state index contributed by atoms with van der Waals surface area (Å²) in [6.45, 7) is -0.0967. The van der Waals surface area contributed by atoms with E-state index in [0.29, 0.717) is 4.47 Å². The predicted molar refractivity (Wildman–Crippen MR) is 61.5 cm³/mol. The minimum atomic E-state index is -0.830. The molecule has 0 amide bonds. The molecule has 0 saturated carbocycles. The monoisotopic (exact) mass is 304 g/mol. The first kappa shape index (κ1) is 12.7. The third-order valence-electron chi connectivity index (χ3n) is 1.64. The Morgan fingerprint density at radius 3 is 2.94 bits per heavy atom. The lowest BCUT2D eigenvalue weighted by molar-refractivity contribution is -0.385. The van der Waals surface area contributed by atoms with Crippen LogP contribution in [0.2, 0.25) is 0 Å². The summed E-state index contributed by atoms with van der Waals surface area (Å²) in [5.74, 6) is 0.0918. The number of rotatable bonds is 4. The molecule has 0 aromatic heterocycles. The van der Waals surface area contributed by atoms with E-state index in [2.05, 4.69) is 15.9 Å². The molecule has 0 aliphatic carbocycles. The van der Waals surface area contributed by atoms with Crippen molar-refractivity contribution in [1.29, 1.82) is 5.26 Å². The van der Waals surface area contributed by atoms with Gasteiger partial charge in [0.2, 0.25) is 0 Å². The second-order valence-electron chi connectivity index (χ2n) is 2.78. The molecule has 1 rings (SSSR count). The molecule has 84 valence electrons. The van der Waals surface area contributed by atoms with Crippen LogP contribution < -0.4 is 4.74 Å². The number of hydrogen-bond acceptors (Lipinski definition) is 4. The predicted octanol–water partition coefficient (Wildman–Crippen LogP) is 2.87. The van der Waals surface area contributed by atoms with E-state index in [9.17, 15) is 10.1 Å². The molecule has 0 radical (unpaired) electrons. The number of nitrogens with zero attached hydrogens (tertiary/aromatic N) is 2. The molecule has 0 aliphatic rings. The van der Waals surface area contributed by atoms with E-state index in [1.54, 1.807) is 12.1 Å². The van der Waals surface area contributed by atoms with E-state index >= 15 is 0 Å². The molecule has 0 bridgehead atoms. The van der Waals surface area contributed by atoms with Crippen LogP contribution in [0.3, 0.4) is 0 Å². The molecular weight excluding hydrogens is 299 g/mol. The van der Waals surface area contributed by atoms with Gasteiger partial charge >= 0.3 is 5.69 Å². The van der Waals surface area contributed by atoms with Crippen LogP contribution in [0.25, 0.3) is 0 Å². The zero-order valence-electron chi connectivity index (χ0n) is 7.89. The van der Waals surface area contributed by atoms with Gasteiger partial charge in [-0.3, -0.25) is 10.1 Å². The van der Waals surface area contributed by atoms with Gasteiger partial charge in [0.15, 0.2) is 11.1 Å². The lowest BCUT2D eigenvalue weighted by Crippen LogP contribution is -2.10. The SMILES string of the molecule is N#CC(Cl)COc1ccc(Br)cc1[N+](=O)[O-]. The number of nitro groups is 1. The van der Waals surface area contributed by atoms with Crippen molar-refractivity contribution in [3.8, 4) is 11.8 Å². The number of ether oxygens (including phenoxy) is 1. The number of alkyl halides is 1. The first-order valence-electron chi connectivity index (χ1n) is 4.15. The Hall–Kier alpha value is -1.32. The van der Waals surface area contributed by atoms with Crippen molar-refractivity contribution in [2.45, 2.75) is 5.38 Å². The highest BCUT2D eigenvalue weighted by molar-refractivity contribution is 9.10. The van der Waals surface area contributed by atoms with E-state index < -0.39 is 10.3 Å². The van der Waals surface area contributed by atoms with E-state index in [1.807, 2.05) is 0 Å². The molecule has 0 fully saturated rings. The van der Waals surface area contributed by atoms with Gasteiger partial charge < -0.3 is 4.74 Å². The maximum Gasteiger partial charge on any atom is 0.312 e. The molecular formula is C9H6BrClN2O3. The number of benzene rings is 1. The first-order chi connectivity index (χ1) is 7.54. The fourth-order valence-electron chi connectivity index (χ4n) is 0.955. The zero-order valence-corrected chi connectivity index (χ0v) is 10.2. The summed E-state index contributed by atoms with van der Waals surface area (Å²) < 4.78 is 5.67. The van der Waals surface area contributed by atoms with Crippen LogP contribution >= 0.6 is 27.5 Å². The lowest BCUT2D eigenvalue weighted by Gasteiger charge is -2.06. The molecule has 1 aromatic carbocycles. The summed E-state index contributed by atoms with van der Waals surface area (Å²) in [6, 6.07) is 6.14. The highest BCUT2D eigenvalue weighted by atomic mass is 79.9. The Kier molecular flexibility index (Phi) is 4.52. The van der Waals surface area contributed by atoms with Crippen molar-refractivity contribution in [2.24, 2.45) is 0 Å². The number of nitro benzene ring substituents is 1. The van der Waals surface area contributed by atoms with Gasteiger partial charge in [-0.25, -0.2) is 0 Å².